The molecule has 1 rings (SSSR count). The number of carbonyl (C=O) groups excluding carboxylic acids is 1. The van der Waals surface area contributed by atoms with Crippen molar-refractivity contribution in [1.29, 1.82) is 0 Å². The molecule has 1 unspecified atom stereocenters. The highest BCUT2D eigenvalue weighted by atomic mass is 32.2. The van der Waals surface area contributed by atoms with Gasteiger partial charge in [0.25, 0.3) is 0 Å². The zero-order chi connectivity index (χ0) is 15.1. The average Bonchev–Trinajstić information content (AvgIpc) is 2.74. The van der Waals surface area contributed by atoms with Gasteiger partial charge in [0.05, 0.1) is 17.4 Å². The lowest BCUT2D eigenvalue weighted by Crippen LogP contribution is -2.32. The van der Waals surface area contributed by atoms with Gasteiger partial charge in [-0.25, -0.2) is 4.98 Å². The molecule has 5 nitrogen and oxygen atoms in total. The van der Waals surface area contributed by atoms with Crippen molar-refractivity contribution in [2.24, 2.45) is 5.92 Å². The van der Waals surface area contributed by atoms with Gasteiger partial charge in [0, 0.05) is 11.9 Å². The predicted octanol–water partition coefficient (Wildman–Crippen LogP) is 2.41. The fraction of sp³-hybridized carbons (Fsp3) is 0.615. The van der Waals surface area contributed by atoms with Gasteiger partial charge in [-0.05, 0) is 19.3 Å². The Morgan fingerprint density at radius 1 is 1.45 bits per heavy atom. The van der Waals surface area contributed by atoms with E-state index < -0.39 is 5.97 Å². The van der Waals surface area contributed by atoms with Gasteiger partial charge in [0.1, 0.15) is 0 Å². The highest BCUT2D eigenvalue weighted by Gasteiger charge is 2.16. The van der Waals surface area contributed by atoms with Gasteiger partial charge < -0.3 is 10.4 Å². The van der Waals surface area contributed by atoms with Crippen molar-refractivity contribution in [3.8, 4) is 0 Å². The summed E-state index contributed by atoms with van der Waals surface area (Å²) in [6.07, 6.45) is 0.884. The van der Waals surface area contributed by atoms with Gasteiger partial charge in [-0.2, -0.15) is 0 Å². The highest BCUT2D eigenvalue weighted by Crippen LogP contribution is 2.27. The first-order valence-electron chi connectivity index (χ1n) is 6.49. The van der Waals surface area contributed by atoms with E-state index in [1.807, 2.05) is 6.92 Å². The molecule has 0 aliphatic carbocycles. The largest absolute Gasteiger partial charge is 0.481 e. The summed E-state index contributed by atoms with van der Waals surface area (Å²) in [7, 11) is 0. The van der Waals surface area contributed by atoms with E-state index >= 15 is 0 Å². The number of nitrogens with one attached hydrogen (secondary N) is 1. The van der Waals surface area contributed by atoms with Gasteiger partial charge in [0.15, 0.2) is 4.34 Å². The maximum absolute atomic E-state index is 11.9. The Morgan fingerprint density at radius 3 is 2.75 bits per heavy atom. The first-order chi connectivity index (χ1) is 9.38. The average molecular weight is 316 g/mol. The molecule has 1 amide bonds. The van der Waals surface area contributed by atoms with Crippen LogP contribution in [-0.4, -0.2) is 33.8 Å². The van der Waals surface area contributed by atoms with Crippen LogP contribution in [0, 0.1) is 5.92 Å². The number of rotatable bonds is 8. The molecular formula is C13H20N2O3S2. The molecule has 2 N–H and O–H groups in total. The van der Waals surface area contributed by atoms with E-state index in [2.05, 4.69) is 24.1 Å². The topological polar surface area (TPSA) is 79.3 Å². The molecule has 7 heteroatoms. The van der Waals surface area contributed by atoms with Gasteiger partial charge in [-0.15, -0.1) is 11.3 Å². The first kappa shape index (κ1) is 17.0. The zero-order valence-corrected chi connectivity index (χ0v) is 13.5. The van der Waals surface area contributed by atoms with E-state index in [0.29, 0.717) is 18.2 Å². The second kappa shape index (κ2) is 8.26. The molecule has 20 heavy (non-hydrogen) atoms. The number of hydrogen-bond acceptors (Lipinski definition) is 5. The molecule has 0 fully saturated rings. The number of aromatic nitrogens is 1. The predicted molar refractivity (Wildman–Crippen MR) is 81.2 cm³/mol. The van der Waals surface area contributed by atoms with Crippen LogP contribution in [0.1, 0.15) is 32.9 Å². The second-order valence-corrected chi connectivity index (χ2v) is 7.35. The quantitative estimate of drug-likeness (QED) is 0.720. The second-order valence-electron chi connectivity index (χ2n) is 4.91. The Kier molecular flexibility index (Phi) is 7.01. The molecule has 0 saturated heterocycles. The Balaban J connectivity index is 2.40. The molecule has 0 aromatic carbocycles. The van der Waals surface area contributed by atoms with Gasteiger partial charge in [-0.3, -0.25) is 9.59 Å². The number of hydrogen-bond donors (Lipinski definition) is 2. The summed E-state index contributed by atoms with van der Waals surface area (Å²) in [5, 5.41) is 13.1. The van der Waals surface area contributed by atoms with Gasteiger partial charge in [0.2, 0.25) is 5.91 Å². The summed E-state index contributed by atoms with van der Waals surface area (Å²) in [4.78, 5) is 26.6. The van der Waals surface area contributed by atoms with E-state index in [-0.39, 0.29) is 17.6 Å². The number of thioether (sulfide) groups is 1. The molecule has 0 spiro atoms. The van der Waals surface area contributed by atoms with Crippen molar-refractivity contribution in [3.63, 3.8) is 0 Å². The summed E-state index contributed by atoms with van der Waals surface area (Å²) < 4.78 is 0.729. The highest BCUT2D eigenvalue weighted by molar-refractivity contribution is 8.02. The summed E-state index contributed by atoms with van der Waals surface area (Å²) in [6.45, 7) is 6.74. The number of aliphatic carboxylic acids is 1. The Labute approximate surface area is 127 Å². The number of amides is 1. The van der Waals surface area contributed by atoms with Crippen LogP contribution in [0.4, 0.5) is 0 Å². The van der Waals surface area contributed by atoms with Crippen LogP contribution in [0.25, 0.3) is 0 Å². The Hall–Kier alpha value is -1.08. The van der Waals surface area contributed by atoms with Crippen LogP contribution in [0.5, 0.6) is 0 Å². The van der Waals surface area contributed by atoms with Crippen LogP contribution in [0.2, 0.25) is 0 Å². The number of thiazole rings is 1. The van der Waals surface area contributed by atoms with Gasteiger partial charge in [-0.1, -0.05) is 25.6 Å². The lowest BCUT2D eigenvalue weighted by atomic mass is 10.1. The van der Waals surface area contributed by atoms with Crippen molar-refractivity contribution in [2.45, 2.75) is 43.2 Å². The molecule has 112 valence electrons. The zero-order valence-electron chi connectivity index (χ0n) is 11.9. The monoisotopic (exact) mass is 316 g/mol. The minimum atomic E-state index is -0.897. The summed E-state index contributed by atoms with van der Waals surface area (Å²) >= 11 is 2.74. The third-order valence-corrected chi connectivity index (χ3v) is 4.65. The van der Waals surface area contributed by atoms with Crippen LogP contribution >= 0.6 is 23.1 Å². The fourth-order valence-corrected chi connectivity index (χ4v) is 3.42. The van der Waals surface area contributed by atoms with Crippen LogP contribution < -0.4 is 5.32 Å². The summed E-state index contributed by atoms with van der Waals surface area (Å²) in [5.41, 5.74) is 0.539. The van der Waals surface area contributed by atoms with Crippen LogP contribution in [-0.2, 0) is 16.0 Å². The molecule has 1 atom stereocenters. The van der Waals surface area contributed by atoms with Crippen molar-refractivity contribution >= 4 is 35.0 Å². The third-order valence-electron chi connectivity index (χ3n) is 2.53. The van der Waals surface area contributed by atoms with Crippen LogP contribution in [0.15, 0.2) is 9.72 Å². The lowest BCUT2D eigenvalue weighted by Gasteiger charge is -2.11. The molecule has 0 saturated carbocycles. The normalized spacial score (nSPS) is 12.4. The summed E-state index contributed by atoms with van der Waals surface area (Å²) in [5.74, 6) is -0.340. The lowest BCUT2D eigenvalue weighted by molar-refractivity contribution is -0.136. The van der Waals surface area contributed by atoms with E-state index in [0.717, 1.165) is 10.8 Å². The smallest absolute Gasteiger partial charge is 0.309 e. The van der Waals surface area contributed by atoms with Crippen LogP contribution in [0.3, 0.4) is 0 Å². The van der Waals surface area contributed by atoms with Crippen molar-refractivity contribution in [3.05, 3.63) is 11.1 Å². The molecular weight excluding hydrogens is 296 g/mol. The van der Waals surface area contributed by atoms with Crippen molar-refractivity contribution in [1.82, 2.24) is 10.3 Å². The molecule has 0 aliphatic rings. The third kappa shape index (κ3) is 6.38. The first-order valence-corrected chi connectivity index (χ1v) is 8.25. The molecule has 1 heterocycles. The summed E-state index contributed by atoms with van der Waals surface area (Å²) in [6, 6.07) is 0. The van der Waals surface area contributed by atoms with Gasteiger partial charge >= 0.3 is 5.97 Å². The minimum absolute atomic E-state index is 0.00867. The van der Waals surface area contributed by atoms with E-state index in [1.54, 1.807) is 5.38 Å². The SMILES string of the molecule is CC(C)CCNC(=O)C(C)Sc1nc(CC(=O)O)cs1. The molecule has 1 aromatic heterocycles. The maximum Gasteiger partial charge on any atom is 0.309 e. The maximum atomic E-state index is 11.9. The molecule has 1 aromatic rings. The van der Waals surface area contributed by atoms with Crippen molar-refractivity contribution < 1.29 is 14.7 Å². The fourth-order valence-electron chi connectivity index (χ4n) is 1.41. The molecule has 0 radical (unpaired) electrons. The number of carboxylic acids is 1. The Bertz CT molecular complexity index is 460. The van der Waals surface area contributed by atoms with Crippen molar-refractivity contribution in [2.75, 3.05) is 6.54 Å². The standard InChI is InChI=1S/C13H20N2O3S2/c1-8(2)4-5-14-12(18)9(3)20-13-15-10(7-19-13)6-11(16)17/h7-9H,4-6H2,1-3H3,(H,14,18)(H,16,17). The van der Waals surface area contributed by atoms with E-state index in [4.69, 9.17) is 5.11 Å². The number of carboxylic acid groups (broad SMARTS) is 1. The number of carbonyl (C=O) groups is 2. The molecule has 0 aliphatic heterocycles. The number of nitrogens with zero attached hydrogens (tertiary/aromatic N) is 1. The molecule has 0 bridgehead atoms. The van der Waals surface area contributed by atoms with E-state index in [1.165, 1.54) is 23.1 Å². The van der Waals surface area contributed by atoms with E-state index in [9.17, 15) is 9.59 Å². The minimum Gasteiger partial charge on any atom is -0.481 e. The Morgan fingerprint density at radius 2 is 2.15 bits per heavy atom.